The SMILES string of the molecule is COC(=O)C1=C(C)N(CC(C)C)C(=O)/C1=C/c1ccc(C)cc1. The first-order chi connectivity index (χ1) is 10.8. The second-order valence-corrected chi connectivity index (χ2v) is 6.23. The van der Waals surface area contributed by atoms with Crippen LogP contribution in [0.4, 0.5) is 0 Å². The summed E-state index contributed by atoms with van der Waals surface area (Å²) in [6.45, 7) is 8.46. The number of aryl methyl sites for hydroxylation is 1. The number of benzene rings is 1. The minimum absolute atomic E-state index is 0.142. The molecule has 23 heavy (non-hydrogen) atoms. The number of rotatable bonds is 4. The third kappa shape index (κ3) is 3.52. The number of hydrogen-bond donors (Lipinski definition) is 0. The summed E-state index contributed by atoms with van der Waals surface area (Å²) in [5.41, 5.74) is 3.46. The Bertz CT molecular complexity index is 681. The number of methoxy groups -OCH3 is 1. The number of carbonyl (C=O) groups excluding carboxylic acids is 2. The molecule has 0 spiro atoms. The van der Waals surface area contributed by atoms with E-state index in [0.29, 0.717) is 29.3 Å². The third-order valence-electron chi connectivity index (χ3n) is 3.84. The average Bonchev–Trinajstić information content (AvgIpc) is 2.73. The van der Waals surface area contributed by atoms with Crippen LogP contribution in [0.3, 0.4) is 0 Å². The van der Waals surface area contributed by atoms with Crippen molar-refractivity contribution in [3.63, 3.8) is 0 Å². The number of esters is 1. The lowest BCUT2D eigenvalue weighted by atomic mass is 10.0. The molecule has 1 amide bonds. The normalized spacial score (nSPS) is 16.7. The van der Waals surface area contributed by atoms with Crippen LogP contribution in [0.2, 0.25) is 0 Å². The Balaban J connectivity index is 2.49. The van der Waals surface area contributed by atoms with Crippen molar-refractivity contribution in [2.24, 2.45) is 5.92 Å². The maximum absolute atomic E-state index is 12.8. The Labute approximate surface area is 137 Å². The molecule has 0 fully saturated rings. The van der Waals surface area contributed by atoms with E-state index < -0.39 is 5.97 Å². The highest BCUT2D eigenvalue weighted by Gasteiger charge is 2.36. The van der Waals surface area contributed by atoms with Gasteiger partial charge in [0.25, 0.3) is 5.91 Å². The van der Waals surface area contributed by atoms with Gasteiger partial charge in [-0.25, -0.2) is 4.79 Å². The molecule has 1 heterocycles. The molecule has 0 N–H and O–H groups in total. The van der Waals surface area contributed by atoms with Gasteiger partial charge >= 0.3 is 5.97 Å². The Morgan fingerprint density at radius 1 is 1.22 bits per heavy atom. The van der Waals surface area contributed by atoms with Crippen molar-refractivity contribution in [2.45, 2.75) is 27.7 Å². The summed E-state index contributed by atoms with van der Waals surface area (Å²) in [6, 6.07) is 7.83. The molecule has 0 radical (unpaired) electrons. The molecule has 0 unspecified atom stereocenters. The van der Waals surface area contributed by atoms with Crippen molar-refractivity contribution in [3.05, 3.63) is 52.2 Å². The van der Waals surface area contributed by atoms with Crippen LogP contribution in [0.5, 0.6) is 0 Å². The monoisotopic (exact) mass is 313 g/mol. The van der Waals surface area contributed by atoms with Gasteiger partial charge in [0, 0.05) is 12.2 Å². The van der Waals surface area contributed by atoms with Gasteiger partial charge < -0.3 is 9.64 Å². The lowest BCUT2D eigenvalue weighted by Gasteiger charge is -2.19. The zero-order chi connectivity index (χ0) is 17.1. The van der Waals surface area contributed by atoms with E-state index >= 15 is 0 Å². The molecule has 4 heteroatoms. The Morgan fingerprint density at radius 2 is 1.83 bits per heavy atom. The van der Waals surface area contributed by atoms with E-state index in [1.807, 2.05) is 45.0 Å². The van der Waals surface area contributed by atoms with Crippen molar-refractivity contribution in [1.29, 1.82) is 0 Å². The highest BCUT2D eigenvalue weighted by Crippen LogP contribution is 2.32. The summed E-state index contributed by atoms with van der Waals surface area (Å²) in [7, 11) is 1.34. The summed E-state index contributed by atoms with van der Waals surface area (Å²) in [6.07, 6.45) is 1.76. The molecule has 0 atom stereocenters. The molecular weight excluding hydrogens is 290 g/mol. The molecule has 122 valence electrons. The largest absolute Gasteiger partial charge is 0.465 e. The van der Waals surface area contributed by atoms with Crippen LogP contribution in [-0.4, -0.2) is 30.4 Å². The highest BCUT2D eigenvalue weighted by atomic mass is 16.5. The van der Waals surface area contributed by atoms with Crippen LogP contribution in [0, 0.1) is 12.8 Å². The van der Waals surface area contributed by atoms with E-state index in [4.69, 9.17) is 4.74 Å². The minimum Gasteiger partial charge on any atom is -0.465 e. The van der Waals surface area contributed by atoms with Crippen LogP contribution >= 0.6 is 0 Å². The molecule has 1 aliphatic heterocycles. The van der Waals surface area contributed by atoms with E-state index in [1.54, 1.807) is 17.9 Å². The maximum atomic E-state index is 12.8. The van der Waals surface area contributed by atoms with E-state index in [2.05, 4.69) is 0 Å². The van der Waals surface area contributed by atoms with Gasteiger partial charge in [0.1, 0.15) is 0 Å². The molecule has 1 aromatic carbocycles. The number of carbonyl (C=O) groups is 2. The number of amides is 1. The van der Waals surface area contributed by atoms with Crippen LogP contribution in [-0.2, 0) is 14.3 Å². The summed E-state index contributed by atoms with van der Waals surface area (Å²) in [4.78, 5) is 26.6. The van der Waals surface area contributed by atoms with Crippen molar-refractivity contribution >= 4 is 18.0 Å². The third-order valence-corrected chi connectivity index (χ3v) is 3.84. The fourth-order valence-electron chi connectivity index (χ4n) is 2.64. The van der Waals surface area contributed by atoms with Crippen molar-refractivity contribution < 1.29 is 14.3 Å². The number of ether oxygens (including phenoxy) is 1. The quantitative estimate of drug-likeness (QED) is 0.633. The maximum Gasteiger partial charge on any atom is 0.340 e. The topological polar surface area (TPSA) is 46.6 Å². The van der Waals surface area contributed by atoms with Crippen LogP contribution < -0.4 is 0 Å². The minimum atomic E-state index is -0.472. The Kier molecular flexibility index (Phi) is 5.04. The standard InChI is InChI=1S/C19H23NO3/c1-12(2)11-20-14(4)17(19(22)23-5)16(18(20)21)10-15-8-6-13(3)7-9-15/h6-10,12H,11H2,1-5H3/b16-10+. The fraction of sp³-hybridized carbons (Fsp3) is 0.368. The molecule has 0 saturated heterocycles. The van der Waals surface area contributed by atoms with E-state index in [9.17, 15) is 9.59 Å². The molecule has 0 saturated carbocycles. The van der Waals surface area contributed by atoms with Crippen LogP contribution in [0.15, 0.2) is 41.1 Å². The first-order valence-electron chi connectivity index (χ1n) is 7.75. The molecule has 0 aromatic heterocycles. The fourth-order valence-corrected chi connectivity index (χ4v) is 2.64. The Hall–Kier alpha value is -2.36. The number of allylic oxidation sites excluding steroid dienone is 1. The Morgan fingerprint density at radius 3 is 2.35 bits per heavy atom. The highest BCUT2D eigenvalue weighted by molar-refractivity contribution is 6.16. The number of nitrogens with zero attached hydrogens (tertiary/aromatic N) is 1. The first kappa shape index (κ1) is 17.0. The first-order valence-corrected chi connectivity index (χ1v) is 7.75. The lowest BCUT2D eigenvalue weighted by molar-refractivity contribution is -0.136. The second kappa shape index (κ2) is 6.82. The summed E-state index contributed by atoms with van der Waals surface area (Å²) >= 11 is 0. The van der Waals surface area contributed by atoms with Gasteiger partial charge in [-0.3, -0.25) is 4.79 Å². The predicted octanol–water partition coefficient (Wildman–Crippen LogP) is 3.32. The van der Waals surface area contributed by atoms with Gasteiger partial charge in [-0.05, 0) is 31.4 Å². The van der Waals surface area contributed by atoms with Crippen molar-refractivity contribution in [2.75, 3.05) is 13.7 Å². The van der Waals surface area contributed by atoms with Gasteiger partial charge in [-0.15, -0.1) is 0 Å². The zero-order valence-corrected chi connectivity index (χ0v) is 14.3. The molecule has 1 aromatic rings. The molecular formula is C19H23NO3. The molecule has 0 aliphatic carbocycles. The van der Waals surface area contributed by atoms with Gasteiger partial charge in [0.15, 0.2) is 0 Å². The van der Waals surface area contributed by atoms with Gasteiger partial charge in [0.2, 0.25) is 0 Å². The smallest absolute Gasteiger partial charge is 0.340 e. The average molecular weight is 313 g/mol. The van der Waals surface area contributed by atoms with Crippen molar-refractivity contribution in [3.8, 4) is 0 Å². The summed E-state index contributed by atoms with van der Waals surface area (Å²) < 4.78 is 4.88. The lowest BCUT2D eigenvalue weighted by Crippen LogP contribution is -2.28. The molecule has 1 aliphatic rings. The summed E-state index contributed by atoms with van der Waals surface area (Å²) in [5, 5.41) is 0. The van der Waals surface area contributed by atoms with Gasteiger partial charge in [-0.1, -0.05) is 43.7 Å². The molecule has 2 rings (SSSR count). The van der Waals surface area contributed by atoms with Crippen LogP contribution in [0.1, 0.15) is 31.9 Å². The van der Waals surface area contributed by atoms with E-state index in [0.717, 1.165) is 11.1 Å². The zero-order valence-electron chi connectivity index (χ0n) is 14.3. The predicted molar refractivity (Wildman–Crippen MR) is 90.4 cm³/mol. The molecule has 0 bridgehead atoms. The van der Waals surface area contributed by atoms with Crippen LogP contribution in [0.25, 0.3) is 6.08 Å². The van der Waals surface area contributed by atoms with Gasteiger partial charge in [-0.2, -0.15) is 0 Å². The molecule has 4 nitrogen and oxygen atoms in total. The van der Waals surface area contributed by atoms with E-state index in [1.165, 1.54) is 7.11 Å². The summed E-state index contributed by atoms with van der Waals surface area (Å²) in [5.74, 6) is -0.302. The second-order valence-electron chi connectivity index (χ2n) is 6.23. The van der Waals surface area contributed by atoms with Gasteiger partial charge in [0.05, 0.1) is 18.3 Å². The van der Waals surface area contributed by atoms with Crippen molar-refractivity contribution in [1.82, 2.24) is 4.90 Å². The van der Waals surface area contributed by atoms with E-state index in [-0.39, 0.29) is 5.91 Å². The number of hydrogen-bond acceptors (Lipinski definition) is 3.